The fourth-order valence-corrected chi connectivity index (χ4v) is 2.64. The van der Waals surface area contributed by atoms with E-state index in [9.17, 15) is 4.39 Å². The first-order chi connectivity index (χ1) is 8.13. The quantitative estimate of drug-likeness (QED) is 0.666. The molecule has 0 radical (unpaired) electrons. The second kappa shape index (κ2) is 5.44. The Hall–Kier alpha value is -0.490. The van der Waals surface area contributed by atoms with E-state index in [-0.39, 0.29) is 18.0 Å². The smallest absolute Gasteiger partial charge is 0.128 e. The first kappa shape index (κ1) is 13.0. The SMILES string of the molecule is CC1CCOC1C(NN)c1cc(Br)ccc1F. The third kappa shape index (κ3) is 2.68. The van der Waals surface area contributed by atoms with Crippen LogP contribution in [0.25, 0.3) is 0 Å². The van der Waals surface area contributed by atoms with Gasteiger partial charge in [-0.15, -0.1) is 0 Å². The maximum Gasteiger partial charge on any atom is 0.128 e. The van der Waals surface area contributed by atoms with Gasteiger partial charge in [-0.3, -0.25) is 11.3 Å². The summed E-state index contributed by atoms with van der Waals surface area (Å²) in [4.78, 5) is 0. The number of halogens is 2. The van der Waals surface area contributed by atoms with Gasteiger partial charge in [-0.25, -0.2) is 4.39 Å². The summed E-state index contributed by atoms with van der Waals surface area (Å²) in [5, 5.41) is 0. The van der Waals surface area contributed by atoms with Crippen LogP contribution in [0.3, 0.4) is 0 Å². The van der Waals surface area contributed by atoms with Crippen molar-refractivity contribution in [3.05, 3.63) is 34.1 Å². The second-order valence-electron chi connectivity index (χ2n) is 4.41. The molecule has 3 atom stereocenters. The summed E-state index contributed by atoms with van der Waals surface area (Å²) in [5.74, 6) is 5.66. The summed E-state index contributed by atoms with van der Waals surface area (Å²) in [6.45, 7) is 2.80. The van der Waals surface area contributed by atoms with Crippen molar-refractivity contribution < 1.29 is 9.13 Å². The van der Waals surface area contributed by atoms with Gasteiger partial charge in [0.15, 0.2) is 0 Å². The van der Waals surface area contributed by atoms with Crippen LogP contribution in [0.2, 0.25) is 0 Å². The Bertz CT molecular complexity index is 402. The van der Waals surface area contributed by atoms with E-state index in [2.05, 4.69) is 28.3 Å². The van der Waals surface area contributed by atoms with Gasteiger partial charge in [-0.1, -0.05) is 22.9 Å². The average molecular weight is 303 g/mol. The Morgan fingerprint density at radius 3 is 2.94 bits per heavy atom. The lowest BCUT2D eigenvalue weighted by atomic mass is 9.93. The molecule has 1 heterocycles. The van der Waals surface area contributed by atoms with Crippen LogP contribution in [0.4, 0.5) is 4.39 Å². The van der Waals surface area contributed by atoms with Gasteiger partial charge in [-0.2, -0.15) is 0 Å². The molecule has 1 saturated heterocycles. The normalized spacial score (nSPS) is 26.1. The van der Waals surface area contributed by atoms with Crippen molar-refractivity contribution in [1.29, 1.82) is 0 Å². The number of nitrogens with one attached hydrogen (secondary N) is 1. The van der Waals surface area contributed by atoms with Crippen molar-refractivity contribution in [3.63, 3.8) is 0 Å². The van der Waals surface area contributed by atoms with Gasteiger partial charge in [0.25, 0.3) is 0 Å². The molecule has 0 aromatic heterocycles. The van der Waals surface area contributed by atoms with E-state index in [1.165, 1.54) is 6.07 Å². The minimum absolute atomic E-state index is 0.0798. The Morgan fingerprint density at radius 2 is 2.35 bits per heavy atom. The maximum absolute atomic E-state index is 13.8. The Kier molecular flexibility index (Phi) is 4.14. The Labute approximate surface area is 109 Å². The van der Waals surface area contributed by atoms with Crippen molar-refractivity contribution in [2.75, 3.05) is 6.61 Å². The Balaban J connectivity index is 2.31. The third-order valence-electron chi connectivity index (χ3n) is 3.25. The summed E-state index contributed by atoms with van der Waals surface area (Å²) >= 11 is 3.34. The van der Waals surface area contributed by atoms with Gasteiger partial charge in [0.2, 0.25) is 0 Å². The molecule has 0 spiro atoms. The van der Waals surface area contributed by atoms with Crippen LogP contribution in [-0.2, 0) is 4.74 Å². The van der Waals surface area contributed by atoms with E-state index in [1.54, 1.807) is 12.1 Å². The highest BCUT2D eigenvalue weighted by atomic mass is 79.9. The summed E-state index contributed by atoms with van der Waals surface area (Å²) < 4.78 is 20.3. The molecule has 2 rings (SSSR count). The monoisotopic (exact) mass is 302 g/mol. The van der Waals surface area contributed by atoms with Gasteiger partial charge in [0.05, 0.1) is 12.1 Å². The molecule has 0 amide bonds. The molecule has 0 aliphatic carbocycles. The zero-order valence-corrected chi connectivity index (χ0v) is 11.2. The molecule has 0 saturated carbocycles. The molecule has 1 aromatic rings. The molecular formula is C12H16BrFN2O. The van der Waals surface area contributed by atoms with E-state index in [0.29, 0.717) is 18.1 Å². The number of hydrogen-bond acceptors (Lipinski definition) is 3. The van der Waals surface area contributed by atoms with Crippen LogP contribution in [0.15, 0.2) is 22.7 Å². The zero-order chi connectivity index (χ0) is 12.4. The van der Waals surface area contributed by atoms with Crippen molar-refractivity contribution in [2.24, 2.45) is 11.8 Å². The van der Waals surface area contributed by atoms with E-state index < -0.39 is 0 Å². The van der Waals surface area contributed by atoms with E-state index in [4.69, 9.17) is 10.6 Å². The van der Waals surface area contributed by atoms with Gasteiger partial charge in [-0.05, 0) is 30.5 Å². The molecular weight excluding hydrogens is 287 g/mol. The first-order valence-electron chi connectivity index (χ1n) is 5.66. The van der Waals surface area contributed by atoms with Crippen molar-refractivity contribution in [2.45, 2.75) is 25.5 Å². The lowest BCUT2D eigenvalue weighted by molar-refractivity contribution is 0.0596. The van der Waals surface area contributed by atoms with Gasteiger partial charge in [0, 0.05) is 16.6 Å². The summed E-state index contributed by atoms with van der Waals surface area (Å²) in [6.07, 6.45) is 0.905. The number of rotatable bonds is 3. The molecule has 1 aromatic carbocycles. The summed E-state index contributed by atoms with van der Waals surface area (Å²) in [7, 11) is 0. The van der Waals surface area contributed by atoms with Gasteiger partial charge >= 0.3 is 0 Å². The number of benzene rings is 1. The molecule has 0 bridgehead atoms. The van der Waals surface area contributed by atoms with Crippen LogP contribution in [0.1, 0.15) is 24.9 Å². The molecule has 1 aliphatic rings. The van der Waals surface area contributed by atoms with E-state index in [1.807, 2.05) is 0 Å². The van der Waals surface area contributed by atoms with Crippen molar-refractivity contribution >= 4 is 15.9 Å². The largest absolute Gasteiger partial charge is 0.376 e. The molecule has 5 heteroatoms. The Morgan fingerprint density at radius 1 is 1.59 bits per heavy atom. The van der Waals surface area contributed by atoms with Crippen molar-refractivity contribution in [3.8, 4) is 0 Å². The van der Waals surface area contributed by atoms with Gasteiger partial charge in [0.1, 0.15) is 5.82 Å². The highest BCUT2D eigenvalue weighted by molar-refractivity contribution is 9.10. The highest BCUT2D eigenvalue weighted by Crippen LogP contribution is 2.32. The molecule has 3 unspecified atom stereocenters. The molecule has 17 heavy (non-hydrogen) atoms. The second-order valence-corrected chi connectivity index (χ2v) is 5.33. The first-order valence-corrected chi connectivity index (χ1v) is 6.45. The fraction of sp³-hybridized carbons (Fsp3) is 0.500. The molecule has 3 N–H and O–H groups in total. The van der Waals surface area contributed by atoms with E-state index in [0.717, 1.165) is 10.9 Å². The third-order valence-corrected chi connectivity index (χ3v) is 3.74. The van der Waals surface area contributed by atoms with E-state index >= 15 is 0 Å². The zero-order valence-electron chi connectivity index (χ0n) is 9.62. The molecule has 3 nitrogen and oxygen atoms in total. The predicted molar refractivity (Wildman–Crippen MR) is 67.7 cm³/mol. The molecule has 94 valence electrons. The van der Waals surface area contributed by atoms with Gasteiger partial charge < -0.3 is 4.74 Å². The number of ether oxygens (including phenoxy) is 1. The number of nitrogens with two attached hydrogens (primary N) is 1. The molecule has 1 fully saturated rings. The predicted octanol–water partition coefficient (Wildman–Crippen LogP) is 2.52. The van der Waals surface area contributed by atoms with Crippen LogP contribution >= 0.6 is 15.9 Å². The molecule has 1 aliphatic heterocycles. The fourth-order valence-electron chi connectivity index (χ4n) is 2.26. The van der Waals surface area contributed by atoms with Crippen LogP contribution in [-0.4, -0.2) is 12.7 Å². The topological polar surface area (TPSA) is 47.3 Å². The minimum atomic E-state index is -0.315. The summed E-state index contributed by atoms with van der Waals surface area (Å²) in [5.41, 5.74) is 3.22. The standard InChI is InChI=1S/C12H16BrFN2O/c1-7-4-5-17-12(7)11(16-15)9-6-8(13)2-3-10(9)14/h2-3,6-7,11-12,16H,4-5,15H2,1H3. The minimum Gasteiger partial charge on any atom is -0.376 e. The van der Waals surface area contributed by atoms with Crippen LogP contribution in [0, 0.1) is 11.7 Å². The highest BCUT2D eigenvalue weighted by Gasteiger charge is 2.33. The van der Waals surface area contributed by atoms with Crippen LogP contribution in [0.5, 0.6) is 0 Å². The average Bonchev–Trinajstić information content (AvgIpc) is 2.71. The lowest BCUT2D eigenvalue weighted by Gasteiger charge is -2.26. The van der Waals surface area contributed by atoms with Crippen LogP contribution < -0.4 is 11.3 Å². The summed E-state index contributed by atoms with van der Waals surface area (Å²) in [6, 6.07) is 4.54. The maximum atomic E-state index is 13.8. The number of hydrazine groups is 1. The van der Waals surface area contributed by atoms with Crippen molar-refractivity contribution in [1.82, 2.24) is 5.43 Å². The lowest BCUT2D eigenvalue weighted by Crippen LogP contribution is -2.39. The number of hydrogen-bond donors (Lipinski definition) is 2.